The molecular formula is C19H22N4O3. The van der Waals surface area contributed by atoms with E-state index < -0.39 is 5.97 Å². The lowest BCUT2D eigenvalue weighted by Crippen LogP contribution is -2.25. The second kappa shape index (κ2) is 6.82. The lowest BCUT2D eigenvalue weighted by molar-refractivity contribution is 0.0601. The zero-order valence-corrected chi connectivity index (χ0v) is 14.8. The van der Waals surface area contributed by atoms with Crippen molar-refractivity contribution >= 4 is 17.0 Å². The molecule has 0 spiro atoms. The minimum absolute atomic E-state index is 0.00520. The van der Waals surface area contributed by atoms with Crippen LogP contribution in [0.3, 0.4) is 0 Å². The molecule has 0 saturated heterocycles. The minimum Gasteiger partial charge on any atom is -0.465 e. The van der Waals surface area contributed by atoms with Gasteiger partial charge in [0.05, 0.1) is 23.7 Å². The van der Waals surface area contributed by atoms with Gasteiger partial charge < -0.3 is 4.74 Å². The second-order valence-electron chi connectivity index (χ2n) is 6.81. The molecule has 4 rings (SSSR count). The summed E-state index contributed by atoms with van der Waals surface area (Å²) in [5, 5.41) is 4.20. The summed E-state index contributed by atoms with van der Waals surface area (Å²) in [5.74, 6) is 0.202. The molecule has 1 saturated carbocycles. The summed E-state index contributed by atoms with van der Waals surface area (Å²) in [5.41, 5.74) is 2.13. The predicted octanol–water partition coefficient (Wildman–Crippen LogP) is 2.29. The van der Waals surface area contributed by atoms with Crippen LogP contribution in [-0.4, -0.2) is 32.0 Å². The van der Waals surface area contributed by atoms with Crippen LogP contribution in [0.25, 0.3) is 11.0 Å². The molecule has 0 unspecified atom stereocenters. The lowest BCUT2D eigenvalue weighted by Gasteiger charge is -2.05. The van der Waals surface area contributed by atoms with Crippen molar-refractivity contribution in [2.24, 2.45) is 5.92 Å². The first kappa shape index (κ1) is 16.6. The van der Waals surface area contributed by atoms with Crippen LogP contribution in [0.2, 0.25) is 0 Å². The molecular weight excluding hydrogens is 332 g/mol. The average Bonchev–Trinajstić information content (AvgIpc) is 3.26. The van der Waals surface area contributed by atoms with Gasteiger partial charge >= 0.3 is 11.7 Å². The van der Waals surface area contributed by atoms with E-state index in [9.17, 15) is 9.59 Å². The molecule has 0 amide bonds. The number of imidazole rings is 1. The fourth-order valence-electron chi connectivity index (χ4n) is 3.34. The van der Waals surface area contributed by atoms with Crippen molar-refractivity contribution in [3.63, 3.8) is 0 Å². The molecule has 136 valence electrons. The van der Waals surface area contributed by atoms with Gasteiger partial charge in [0.25, 0.3) is 0 Å². The molecule has 1 aliphatic rings. The second-order valence-corrected chi connectivity index (χ2v) is 6.81. The quantitative estimate of drug-likeness (QED) is 0.610. The number of rotatable bonds is 7. The summed E-state index contributed by atoms with van der Waals surface area (Å²) in [6.45, 7) is 2.07. The summed E-state index contributed by atoms with van der Waals surface area (Å²) in [4.78, 5) is 24.9. The van der Waals surface area contributed by atoms with Crippen LogP contribution in [0.15, 0.2) is 41.5 Å². The first-order valence-electron chi connectivity index (χ1n) is 8.96. The molecule has 7 nitrogen and oxygen atoms in total. The van der Waals surface area contributed by atoms with Crippen LogP contribution in [0.1, 0.15) is 29.6 Å². The number of ether oxygens (including phenoxy) is 1. The highest BCUT2D eigenvalue weighted by Gasteiger charge is 2.25. The largest absolute Gasteiger partial charge is 0.465 e. The molecule has 0 radical (unpaired) electrons. The van der Waals surface area contributed by atoms with Crippen molar-refractivity contribution in [1.82, 2.24) is 18.9 Å². The van der Waals surface area contributed by atoms with Crippen LogP contribution in [0.5, 0.6) is 0 Å². The molecule has 26 heavy (non-hydrogen) atoms. The van der Waals surface area contributed by atoms with Crippen molar-refractivity contribution < 1.29 is 9.53 Å². The van der Waals surface area contributed by atoms with E-state index in [0.29, 0.717) is 18.0 Å². The molecule has 0 aliphatic heterocycles. The predicted molar refractivity (Wildman–Crippen MR) is 97.1 cm³/mol. The lowest BCUT2D eigenvalue weighted by atomic mass is 10.2. The number of aryl methyl sites for hydroxylation is 2. The Kier molecular flexibility index (Phi) is 4.36. The molecule has 7 heteroatoms. The van der Waals surface area contributed by atoms with E-state index in [1.54, 1.807) is 22.9 Å². The Hall–Kier alpha value is -2.83. The number of esters is 1. The van der Waals surface area contributed by atoms with E-state index in [2.05, 4.69) is 5.10 Å². The van der Waals surface area contributed by atoms with Crippen LogP contribution >= 0.6 is 0 Å². The van der Waals surface area contributed by atoms with Gasteiger partial charge in [-0.3, -0.25) is 13.8 Å². The van der Waals surface area contributed by atoms with E-state index >= 15 is 0 Å². The third-order valence-corrected chi connectivity index (χ3v) is 4.91. The summed E-state index contributed by atoms with van der Waals surface area (Å²) in [6.07, 6.45) is 6.80. The van der Waals surface area contributed by atoms with Gasteiger partial charge in [-0.25, -0.2) is 9.59 Å². The standard InChI is InChI=1S/C19H22N4O3/c1-26-18(24)15-6-7-16-17(12-15)22(11-3-10-21-9-2-8-20-21)19(25)23(16)13-14-4-5-14/h2,6-9,12,14H,3-5,10-11,13H2,1H3. The van der Waals surface area contributed by atoms with Crippen molar-refractivity contribution in [2.45, 2.75) is 38.9 Å². The molecule has 0 atom stereocenters. The molecule has 1 fully saturated rings. The number of carbonyl (C=O) groups excluding carboxylic acids is 1. The van der Waals surface area contributed by atoms with Gasteiger partial charge in [0.1, 0.15) is 0 Å². The molecule has 0 bridgehead atoms. The van der Waals surface area contributed by atoms with Crippen molar-refractivity contribution in [3.8, 4) is 0 Å². The highest BCUT2D eigenvalue weighted by molar-refractivity contribution is 5.93. The number of nitrogens with zero attached hydrogens (tertiary/aromatic N) is 4. The number of hydrogen-bond acceptors (Lipinski definition) is 4. The van der Waals surface area contributed by atoms with Crippen LogP contribution in [0.4, 0.5) is 0 Å². The smallest absolute Gasteiger partial charge is 0.337 e. The zero-order chi connectivity index (χ0) is 18.1. The average molecular weight is 354 g/mol. The van der Waals surface area contributed by atoms with E-state index in [1.807, 2.05) is 27.6 Å². The Morgan fingerprint density at radius 1 is 1.23 bits per heavy atom. The van der Waals surface area contributed by atoms with Crippen molar-refractivity contribution in [2.75, 3.05) is 7.11 Å². The van der Waals surface area contributed by atoms with Gasteiger partial charge in [-0.1, -0.05) is 0 Å². The maximum absolute atomic E-state index is 13.0. The van der Waals surface area contributed by atoms with E-state index in [4.69, 9.17) is 4.74 Å². The zero-order valence-electron chi connectivity index (χ0n) is 14.8. The number of benzene rings is 1. The molecule has 1 aliphatic carbocycles. The minimum atomic E-state index is -0.391. The normalized spacial score (nSPS) is 14.0. The van der Waals surface area contributed by atoms with Gasteiger partial charge in [-0.2, -0.15) is 5.10 Å². The van der Waals surface area contributed by atoms with E-state index in [1.165, 1.54) is 20.0 Å². The summed E-state index contributed by atoms with van der Waals surface area (Å²) >= 11 is 0. The Balaban J connectivity index is 1.68. The third kappa shape index (κ3) is 3.16. The summed E-state index contributed by atoms with van der Waals surface area (Å²) in [7, 11) is 1.36. The number of aromatic nitrogens is 4. The maximum Gasteiger partial charge on any atom is 0.337 e. The molecule has 3 aromatic rings. The third-order valence-electron chi connectivity index (χ3n) is 4.91. The van der Waals surface area contributed by atoms with Crippen LogP contribution < -0.4 is 5.69 Å². The number of carbonyl (C=O) groups is 1. The monoisotopic (exact) mass is 354 g/mol. The molecule has 1 aromatic carbocycles. The Morgan fingerprint density at radius 3 is 2.77 bits per heavy atom. The highest BCUT2D eigenvalue weighted by Crippen LogP contribution is 2.31. The highest BCUT2D eigenvalue weighted by atomic mass is 16.5. The maximum atomic E-state index is 13.0. The van der Waals surface area contributed by atoms with Gasteiger partial charge in [0.2, 0.25) is 0 Å². The molecule has 0 N–H and O–H groups in total. The Morgan fingerprint density at radius 2 is 2.08 bits per heavy atom. The summed E-state index contributed by atoms with van der Waals surface area (Å²) < 4.78 is 10.3. The SMILES string of the molecule is COC(=O)c1ccc2c(c1)n(CCCn1cccn1)c(=O)n2CC1CC1. The fraction of sp³-hybridized carbons (Fsp3) is 0.421. The molecule has 2 aromatic heterocycles. The number of methoxy groups -OCH3 is 1. The van der Waals surface area contributed by atoms with Gasteiger partial charge in [0, 0.05) is 32.0 Å². The molecule has 2 heterocycles. The summed E-state index contributed by atoms with van der Waals surface area (Å²) in [6, 6.07) is 7.23. The van der Waals surface area contributed by atoms with E-state index in [-0.39, 0.29) is 5.69 Å². The van der Waals surface area contributed by atoms with Crippen LogP contribution in [-0.2, 0) is 24.4 Å². The van der Waals surface area contributed by atoms with Crippen LogP contribution in [0, 0.1) is 5.92 Å². The van der Waals surface area contributed by atoms with Crippen molar-refractivity contribution in [3.05, 3.63) is 52.7 Å². The van der Waals surface area contributed by atoms with E-state index in [0.717, 1.165) is 30.5 Å². The van der Waals surface area contributed by atoms with Gasteiger partial charge in [0.15, 0.2) is 0 Å². The van der Waals surface area contributed by atoms with Crippen molar-refractivity contribution in [1.29, 1.82) is 0 Å². The fourth-order valence-corrected chi connectivity index (χ4v) is 3.34. The first-order chi connectivity index (χ1) is 12.7. The Labute approximate surface area is 150 Å². The van der Waals surface area contributed by atoms with Gasteiger partial charge in [-0.15, -0.1) is 0 Å². The first-order valence-corrected chi connectivity index (χ1v) is 8.96. The Bertz CT molecular complexity index is 980. The van der Waals surface area contributed by atoms with Gasteiger partial charge in [-0.05, 0) is 49.4 Å². The number of hydrogen-bond donors (Lipinski definition) is 0. The topological polar surface area (TPSA) is 71.1 Å². The number of fused-ring (bicyclic) bond motifs is 1.